The van der Waals surface area contributed by atoms with Crippen LogP contribution in [0.4, 0.5) is 0 Å². The maximum Gasteiger partial charge on any atom is 0.101 e. The fourth-order valence-electron chi connectivity index (χ4n) is 2.19. The standard InChI is InChI=1S/C17H22N2S/c1-3-12(2)20-17-14(11-18-15-8-9-15)10-13-6-4-5-7-16(13)19-17/h4-7,10,12,15,18H,3,8-9,11H2,1-2H3. The van der Waals surface area contributed by atoms with Crippen molar-refractivity contribution in [1.29, 1.82) is 0 Å². The molecule has 1 N–H and O–H groups in total. The van der Waals surface area contributed by atoms with Gasteiger partial charge in [-0.05, 0) is 37.0 Å². The lowest BCUT2D eigenvalue weighted by atomic mass is 10.1. The van der Waals surface area contributed by atoms with E-state index in [1.54, 1.807) is 0 Å². The van der Waals surface area contributed by atoms with Crippen LogP contribution in [0.15, 0.2) is 35.4 Å². The van der Waals surface area contributed by atoms with E-state index >= 15 is 0 Å². The fourth-order valence-corrected chi connectivity index (χ4v) is 3.17. The molecule has 1 unspecified atom stereocenters. The number of thioether (sulfide) groups is 1. The maximum absolute atomic E-state index is 4.88. The molecule has 0 saturated heterocycles. The van der Waals surface area contributed by atoms with Crippen LogP contribution in [0.5, 0.6) is 0 Å². The van der Waals surface area contributed by atoms with Crippen molar-refractivity contribution in [1.82, 2.24) is 10.3 Å². The Labute approximate surface area is 125 Å². The van der Waals surface area contributed by atoms with Crippen LogP contribution in [0.1, 0.15) is 38.7 Å². The number of hydrogen-bond donors (Lipinski definition) is 1. The molecule has 20 heavy (non-hydrogen) atoms. The summed E-state index contributed by atoms with van der Waals surface area (Å²) < 4.78 is 0. The minimum atomic E-state index is 0.614. The van der Waals surface area contributed by atoms with E-state index < -0.39 is 0 Å². The number of fused-ring (bicyclic) bond motifs is 1. The first-order chi connectivity index (χ1) is 9.76. The molecule has 3 rings (SSSR count). The van der Waals surface area contributed by atoms with Gasteiger partial charge in [-0.25, -0.2) is 4.98 Å². The number of nitrogens with zero attached hydrogens (tertiary/aromatic N) is 1. The van der Waals surface area contributed by atoms with Crippen molar-refractivity contribution in [3.8, 4) is 0 Å². The second-order valence-electron chi connectivity index (χ2n) is 5.64. The largest absolute Gasteiger partial charge is 0.310 e. The molecule has 1 fully saturated rings. The maximum atomic E-state index is 4.88. The molecule has 3 heteroatoms. The number of rotatable bonds is 6. The van der Waals surface area contributed by atoms with Gasteiger partial charge >= 0.3 is 0 Å². The lowest BCUT2D eigenvalue weighted by Gasteiger charge is -2.14. The third-order valence-electron chi connectivity index (χ3n) is 3.81. The molecule has 1 aliphatic carbocycles. The summed E-state index contributed by atoms with van der Waals surface area (Å²) in [6, 6.07) is 11.5. The summed E-state index contributed by atoms with van der Waals surface area (Å²) in [5.41, 5.74) is 2.45. The molecular formula is C17H22N2S. The van der Waals surface area contributed by atoms with E-state index in [0.717, 1.165) is 18.1 Å². The van der Waals surface area contributed by atoms with E-state index in [9.17, 15) is 0 Å². The Kier molecular flexibility index (Phi) is 4.27. The first-order valence-electron chi connectivity index (χ1n) is 7.55. The number of para-hydroxylation sites is 1. The van der Waals surface area contributed by atoms with Gasteiger partial charge in [-0.1, -0.05) is 32.0 Å². The monoisotopic (exact) mass is 286 g/mol. The number of nitrogens with one attached hydrogen (secondary N) is 1. The Morgan fingerprint density at radius 2 is 2.15 bits per heavy atom. The highest BCUT2D eigenvalue weighted by Gasteiger charge is 2.21. The first kappa shape index (κ1) is 13.9. The van der Waals surface area contributed by atoms with Crippen LogP contribution in [0.2, 0.25) is 0 Å². The molecule has 1 aromatic heterocycles. The van der Waals surface area contributed by atoms with E-state index in [4.69, 9.17) is 4.98 Å². The SMILES string of the molecule is CCC(C)Sc1nc2ccccc2cc1CNC1CC1. The average Bonchev–Trinajstić information content (AvgIpc) is 3.29. The molecule has 2 aromatic rings. The van der Waals surface area contributed by atoms with Gasteiger partial charge in [-0.15, -0.1) is 11.8 Å². The Balaban J connectivity index is 1.91. The Hall–Kier alpha value is -1.06. The van der Waals surface area contributed by atoms with Gasteiger partial charge in [0.25, 0.3) is 0 Å². The van der Waals surface area contributed by atoms with Crippen LogP contribution in [-0.2, 0) is 6.54 Å². The van der Waals surface area contributed by atoms with Crippen molar-refractivity contribution in [2.75, 3.05) is 0 Å². The van der Waals surface area contributed by atoms with Crippen LogP contribution in [0, 0.1) is 0 Å². The van der Waals surface area contributed by atoms with Gasteiger partial charge in [-0.3, -0.25) is 0 Å². The Morgan fingerprint density at radius 3 is 2.90 bits per heavy atom. The van der Waals surface area contributed by atoms with Crippen molar-refractivity contribution in [2.24, 2.45) is 0 Å². The summed E-state index contributed by atoms with van der Waals surface area (Å²) in [5.74, 6) is 0. The number of hydrogen-bond acceptors (Lipinski definition) is 3. The minimum Gasteiger partial charge on any atom is -0.310 e. The van der Waals surface area contributed by atoms with E-state index in [-0.39, 0.29) is 0 Å². The third kappa shape index (κ3) is 3.33. The van der Waals surface area contributed by atoms with Gasteiger partial charge in [0.1, 0.15) is 5.03 Å². The zero-order chi connectivity index (χ0) is 13.9. The second kappa shape index (κ2) is 6.15. The second-order valence-corrected chi connectivity index (χ2v) is 7.06. The van der Waals surface area contributed by atoms with Crippen molar-refractivity contribution < 1.29 is 0 Å². The zero-order valence-electron chi connectivity index (χ0n) is 12.2. The number of aromatic nitrogens is 1. The lowest BCUT2D eigenvalue weighted by molar-refractivity contribution is 0.676. The van der Waals surface area contributed by atoms with Gasteiger partial charge in [-0.2, -0.15) is 0 Å². The number of pyridine rings is 1. The highest BCUT2D eigenvalue weighted by molar-refractivity contribution is 7.99. The quantitative estimate of drug-likeness (QED) is 0.798. The smallest absolute Gasteiger partial charge is 0.101 e. The Bertz CT molecular complexity index is 593. The predicted molar refractivity (Wildman–Crippen MR) is 87.2 cm³/mol. The van der Waals surface area contributed by atoms with Crippen LogP contribution in [0.3, 0.4) is 0 Å². The normalized spacial score (nSPS) is 16.5. The average molecular weight is 286 g/mol. The Morgan fingerprint density at radius 1 is 1.35 bits per heavy atom. The summed E-state index contributed by atoms with van der Waals surface area (Å²) >= 11 is 1.91. The molecule has 1 heterocycles. The highest BCUT2D eigenvalue weighted by atomic mass is 32.2. The van der Waals surface area contributed by atoms with Gasteiger partial charge in [0.2, 0.25) is 0 Å². The summed E-state index contributed by atoms with van der Waals surface area (Å²) in [6.45, 7) is 5.46. The molecule has 2 nitrogen and oxygen atoms in total. The molecule has 0 aliphatic heterocycles. The molecule has 0 amide bonds. The first-order valence-corrected chi connectivity index (χ1v) is 8.43. The summed E-state index contributed by atoms with van der Waals surface area (Å²) in [5, 5.41) is 6.67. The zero-order valence-corrected chi connectivity index (χ0v) is 13.0. The third-order valence-corrected chi connectivity index (χ3v) is 5.12. The number of benzene rings is 1. The molecule has 0 bridgehead atoms. The van der Waals surface area contributed by atoms with Crippen molar-refractivity contribution in [3.63, 3.8) is 0 Å². The van der Waals surface area contributed by atoms with Crippen LogP contribution >= 0.6 is 11.8 Å². The van der Waals surface area contributed by atoms with Crippen LogP contribution < -0.4 is 5.32 Å². The van der Waals surface area contributed by atoms with Crippen LogP contribution in [-0.4, -0.2) is 16.3 Å². The van der Waals surface area contributed by atoms with Gasteiger partial charge in [0.15, 0.2) is 0 Å². The van der Waals surface area contributed by atoms with Gasteiger partial charge < -0.3 is 5.32 Å². The van der Waals surface area contributed by atoms with Crippen LogP contribution in [0.25, 0.3) is 10.9 Å². The molecule has 1 saturated carbocycles. The molecular weight excluding hydrogens is 264 g/mol. The molecule has 0 spiro atoms. The summed E-state index contributed by atoms with van der Waals surface area (Å²) in [6.07, 6.45) is 3.83. The molecule has 1 atom stereocenters. The van der Waals surface area contributed by atoms with Crippen molar-refractivity contribution in [2.45, 2.75) is 56.0 Å². The fraction of sp³-hybridized carbons (Fsp3) is 0.471. The van der Waals surface area contributed by atoms with Crippen molar-refractivity contribution >= 4 is 22.7 Å². The van der Waals surface area contributed by atoms with E-state index in [0.29, 0.717) is 5.25 Å². The highest BCUT2D eigenvalue weighted by Crippen LogP contribution is 2.30. The van der Waals surface area contributed by atoms with Gasteiger partial charge in [0, 0.05) is 23.2 Å². The van der Waals surface area contributed by atoms with Crippen molar-refractivity contribution in [3.05, 3.63) is 35.9 Å². The molecule has 1 aliphatic rings. The van der Waals surface area contributed by atoms with E-state index in [1.807, 2.05) is 11.8 Å². The lowest BCUT2D eigenvalue weighted by Crippen LogP contribution is -2.16. The molecule has 0 radical (unpaired) electrons. The van der Waals surface area contributed by atoms with E-state index in [1.165, 1.54) is 35.2 Å². The summed E-state index contributed by atoms with van der Waals surface area (Å²) in [7, 11) is 0. The summed E-state index contributed by atoms with van der Waals surface area (Å²) in [4.78, 5) is 4.88. The van der Waals surface area contributed by atoms with Gasteiger partial charge in [0.05, 0.1) is 5.52 Å². The topological polar surface area (TPSA) is 24.9 Å². The predicted octanol–water partition coefficient (Wildman–Crippen LogP) is 4.38. The molecule has 1 aromatic carbocycles. The molecule has 106 valence electrons. The minimum absolute atomic E-state index is 0.614. The van der Waals surface area contributed by atoms with E-state index in [2.05, 4.69) is 49.5 Å².